The number of rotatable bonds is 7. The summed E-state index contributed by atoms with van der Waals surface area (Å²) >= 11 is 0. The molecule has 0 aliphatic heterocycles. The van der Waals surface area contributed by atoms with Crippen LogP contribution in [0.4, 0.5) is 0 Å². The molecule has 1 aromatic carbocycles. The topological polar surface area (TPSA) is 149 Å². The van der Waals surface area contributed by atoms with Gasteiger partial charge in [-0.15, -0.1) is 34.0 Å². The molecule has 10 nitrogen and oxygen atoms in total. The monoisotopic (exact) mass is 572 g/mol. The van der Waals surface area contributed by atoms with Crippen LogP contribution in [0.1, 0.15) is 25.3 Å². The molecule has 2 heterocycles. The maximum Gasteiger partial charge on any atom is 0.332 e. The van der Waals surface area contributed by atoms with Gasteiger partial charge < -0.3 is 15.4 Å². The summed E-state index contributed by atoms with van der Waals surface area (Å²) in [6.45, 7) is 1.72. The van der Waals surface area contributed by atoms with Gasteiger partial charge in [-0.05, 0) is 12.8 Å². The van der Waals surface area contributed by atoms with Gasteiger partial charge in [-0.3, -0.25) is 24.1 Å². The maximum atomic E-state index is 13.0. The molecule has 1 unspecified atom stereocenters. The molecule has 1 atom stereocenters. The first-order valence-corrected chi connectivity index (χ1v) is 9.47. The molecule has 0 amide bonds. The number of amidine groups is 1. The van der Waals surface area contributed by atoms with Gasteiger partial charge in [0.1, 0.15) is 17.3 Å². The van der Waals surface area contributed by atoms with E-state index in [0.29, 0.717) is 35.4 Å². The van der Waals surface area contributed by atoms with Gasteiger partial charge >= 0.3 is 11.7 Å². The van der Waals surface area contributed by atoms with Gasteiger partial charge in [-0.2, -0.15) is 0 Å². The molecule has 3 rings (SSSR count). The van der Waals surface area contributed by atoms with Gasteiger partial charge in [0.25, 0.3) is 5.56 Å². The number of hydrogen-bond acceptors (Lipinski definition) is 5. The summed E-state index contributed by atoms with van der Waals surface area (Å²) in [5.74, 6) is -0.998. The minimum absolute atomic E-state index is 0. The van der Waals surface area contributed by atoms with E-state index >= 15 is 0 Å². The van der Waals surface area contributed by atoms with Gasteiger partial charge in [0.15, 0.2) is 5.52 Å². The van der Waals surface area contributed by atoms with E-state index in [-0.39, 0.29) is 51.9 Å². The SMILES string of the molecule is Br.Br.CC(CCCn1c(=O)c2nc(-c3ccc(C(=N)N)cc3)n(C)c2n(C)c1=O)C(=O)O. The number of carboxylic acids is 1. The van der Waals surface area contributed by atoms with Crippen molar-refractivity contribution < 1.29 is 9.90 Å². The lowest BCUT2D eigenvalue weighted by molar-refractivity contribution is -0.141. The average Bonchev–Trinajstić information content (AvgIpc) is 3.06. The van der Waals surface area contributed by atoms with E-state index in [1.165, 1.54) is 4.57 Å². The van der Waals surface area contributed by atoms with Crippen molar-refractivity contribution in [3.05, 3.63) is 50.7 Å². The van der Waals surface area contributed by atoms with E-state index in [9.17, 15) is 14.4 Å². The predicted octanol–water partition coefficient (Wildman–Crippen LogP) is 2.04. The minimum atomic E-state index is -0.907. The Morgan fingerprint density at radius 3 is 2.28 bits per heavy atom. The number of aromatic nitrogens is 4. The molecule has 0 saturated carbocycles. The highest BCUT2D eigenvalue weighted by atomic mass is 79.9. The third-order valence-electron chi connectivity index (χ3n) is 5.24. The molecule has 174 valence electrons. The first-order valence-electron chi connectivity index (χ1n) is 9.47. The number of nitrogens with two attached hydrogens (primary N) is 1. The minimum Gasteiger partial charge on any atom is -0.481 e. The smallest absolute Gasteiger partial charge is 0.332 e. The quantitative estimate of drug-likeness (QED) is 0.291. The zero-order valence-corrected chi connectivity index (χ0v) is 21.3. The van der Waals surface area contributed by atoms with Crippen LogP contribution in [0.5, 0.6) is 0 Å². The van der Waals surface area contributed by atoms with Crippen LogP contribution in [0, 0.1) is 11.3 Å². The Morgan fingerprint density at radius 1 is 1.16 bits per heavy atom. The Hall–Kier alpha value is -2.73. The van der Waals surface area contributed by atoms with Crippen LogP contribution in [-0.2, 0) is 25.4 Å². The summed E-state index contributed by atoms with van der Waals surface area (Å²) in [4.78, 5) is 41.2. The van der Waals surface area contributed by atoms with E-state index in [0.717, 1.165) is 4.57 Å². The van der Waals surface area contributed by atoms with Crippen LogP contribution < -0.4 is 17.0 Å². The number of fused-ring (bicyclic) bond motifs is 1. The third kappa shape index (κ3) is 5.01. The maximum absolute atomic E-state index is 13.0. The number of carboxylic acid groups (broad SMARTS) is 1. The van der Waals surface area contributed by atoms with Crippen LogP contribution >= 0.6 is 34.0 Å². The van der Waals surface area contributed by atoms with Crippen LogP contribution in [0.3, 0.4) is 0 Å². The van der Waals surface area contributed by atoms with Crippen molar-refractivity contribution >= 4 is 56.9 Å². The molecule has 0 aliphatic rings. The number of carbonyl (C=O) groups is 1. The molecule has 0 spiro atoms. The second kappa shape index (κ2) is 10.7. The first-order chi connectivity index (χ1) is 14.1. The number of nitrogens with one attached hydrogen (secondary N) is 1. The van der Waals surface area contributed by atoms with E-state index < -0.39 is 23.1 Å². The largest absolute Gasteiger partial charge is 0.481 e. The van der Waals surface area contributed by atoms with E-state index in [4.69, 9.17) is 16.2 Å². The average molecular weight is 574 g/mol. The molecular weight excluding hydrogens is 548 g/mol. The first kappa shape index (κ1) is 27.3. The summed E-state index contributed by atoms with van der Waals surface area (Å²) in [6.07, 6.45) is 0.749. The van der Waals surface area contributed by atoms with E-state index in [2.05, 4.69) is 4.98 Å². The number of imidazole rings is 1. The molecule has 2 aromatic heterocycles. The van der Waals surface area contributed by atoms with Gasteiger partial charge in [-0.25, -0.2) is 9.78 Å². The third-order valence-corrected chi connectivity index (χ3v) is 5.24. The van der Waals surface area contributed by atoms with Crippen molar-refractivity contribution in [3.63, 3.8) is 0 Å². The number of nitrogens with zero attached hydrogens (tertiary/aromatic N) is 4. The van der Waals surface area contributed by atoms with Gasteiger partial charge in [0.2, 0.25) is 0 Å². The van der Waals surface area contributed by atoms with Crippen molar-refractivity contribution in [1.82, 2.24) is 18.7 Å². The molecule has 12 heteroatoms. The van der Waals surface area contributed by atoms with Crippen molar-refractivity contribution in [3.8, 4) is 11.4 Å². The predicted molar refractivity (Wildman–Crippen MR) is 133 cm³/mol. The van der Waals surface area contributed by atoms with Crippen molar-refractivity contribution in [1.29, 1.82) is 5.41 Å². The molecule has 0 aliphatic carbocycles. The van der Waals surface area contributed by atoms with E-state index in [1.54, 1.807) is 49.9 Å². The number of hydrogen-bond donors (Lipinski definition) is 3. The van der Waals surface area contributed by atoms with Crippen molar-refractivity contribution in [2.45, 2.75) is 26.3 Å². The van der Waals surface area contributed by atoms with Crippen molar-refractivity contribution in [2.24, 2.45) is 25.7 Å². The Balaban J connectivity index is 0.00000256. The summed E-state index contributed by atoms with van der Waals surface area (Å²) in [5, 5.41) is 16.5. The number of nitrogen functional groups attached to an aromatic ring is 1. The van der Waals surface area contributed by atoms with Gasteiger partial charge in [0.05, 0.1) is 5.92 Å². The molecule has 0 bridgehead atoms. The molecule has 32 heavy (non-hydrogen) atoms. The molecule has 0 radical (unpaired) electrons. The van der Waals surface area contributed by atoms with Crippen LogP contribution in [-0.4, -0.2) is 35.6 Å². The summed E-state index contributed by atoms with van der Waals surface area (Å²) in [6, 6.07) is 6.89. The standard InChI is InChI=1S/C20H24N6O4.2BrH/c1-11(19(28)29)5-4-10-26-18(27)14-17(25(3)20(26)30)24(2)16(23-14)13-8-6-12(7-9-13)15(21)22;;/h6-9,11H,4-5,10H2,1-3H3,(H3,21,22)(H,28,29);2*1H. The second-order valence-electron chi connectivity index (χ2n) is 7.34. The molecular formula is C20H26Br2N6O4. The van der Waals surface area contributed by atoms with Gasteiger partial charge in [0, 0.05) is 31.8 Å². The molecule has 0 fully saturated rings. The summed E-state index contributed by atoms with van der Waals surface area (Å²) < 4.78 is 4.15. The number of benzene rings is 1. The Labute approximate surface area is 204 Å². The number of aryl methyl sites for hydroxylation is 2. The van der Waals surface area contributed by atoms with Gasteiger partial charge in [-0.1, -0.05) is 31.2 Å². The fourth-order valence-electron chi connectivity index (χ4n) is 3.44. The fourth-order valence-corrected chi connectivity index (χ4v) is 3.44. The van der Waals surface area contributed by atoms with Crippen LogP contribution in [0.2, 0.25) is 0 Å². The summed E-state index contributed by atoms with van der Waals surface area (Å²) in [5.41, 5.74) is 6.36. The second-order valence-corrected chi connectivity index (χ2v) is 7.34. The van der Waals surface area contributed by atoms with Crippen LogP contribution in [0.25, 0.3) is 22.6 Å². The Bertz CT molecular complexity index is 1260. The van der Waals surface area contributed by atoms with Crippen LogP contribution in [0.15, 0.2) is 33.9 Å². The van der Waals surface area contributed by atoms with Crippen molar-refractivity contribution in [2.75, 3.05) is 0 Å². The molecule has 0 saturated heterocycles. The van der Waals surface area contributed by atoms with E-state index in [1.807, 2.05) is 0 Å². The molecule has 4 N–H and O–H groups in total. The Kier molecular flexibility index (Phi) is 9.15. The zero-order valence-electron chi connectivity index (χ0n) is 17.9. The fraction of sp³-hybridized carbons (Fsp3) is 0.350. The lowest BCUT2D eigenvalue weighted by Crippen LogP contribution is -2.39. The highest BCUT2D eigenvalue weighted by Crippen LogP contribution is 2.21. The normalized spacial score (nSPS) is 11.5. The molecule has 3 aromatic rings. The zero-order chi connectivity index (χ0) is 22.2. The number of aliphatic carboxylic acids is 1. The summed E-state index contributed by atoms with van der Waals surface area (Å²) in [7, 11) is 3.30. The highest BCUT2D eigenvalue weighted by molar-refractivity contribution is 8.93. The Morgan fingerprint density at radius 2 is 1.75 bits per heavy atom. The lowest BCUT2D eigenvalue weighted by atomic mass is 10.1. The highest BCUT2D eigenvalue weighted by Gasteiger charge is 2.19. The lowest BCUT2D eigenvalue weighted by Gasteiger charge is -2.10. The number of halogens is 2.